The first-order valence-electron chi connectivity index (χ1n) is 19.5. The lowest BCUT2D eigenvalue weighted by molar-refractivity contribution is -0.0957. The van der Waals surface area contributed by atoms with Crippen LogP contribution in [0.15, 0.2) is 48.6 Å². The second-order valence-electron chi connectivity index (χ2n) is 16.3. The number of carbonyl (C=O) groups is 1. The zero-order chi connectivity index (χ0) is 37.4. The number of amides is 1. The Labute approximate surface area is 321 Å². The molecular weight excluding hydrogens is 712 g/mol. The fourth-order valence-corrected chi connectivity index (χ4v) is 11.0. The van der Waals surface area contributed by atoms with E-state index in [2.05, 4.69) is 43.7 Å². The van der Waals surface area contributed by atoms with E-state index in [1.165, 1.54) is 11.1 Å². The lowest BCUT2D eigenvalue weighted by atomic mass is 9.63. The first kappa shape index (κ1) is 38.6. The maximum absolute atomic E-state index is 13.6. The molecule has 10 nitrogen and oxygen atoms in total. The Morgan fingerprint density at radius 1 is 1.04 bits per heavy atom. The van der Waals surface area contributed by atoms with E-state index >= 15 is 0 Å². The molecule has 1 saturated carbocycles. The SMILES string of the molecule is COCCN1CCN(C[C@]2(OC)/C=C\C[C@H](C)[C@@H](C)S(=O)(=O)NC(=O)c3ccc4c(c3)N(C[C@@H]3CC[C@H]32)C[C@@]2(CCCc3cc(Cl)ccc32)CO4)CC1. The molecule has 0 radical (unpaired) electrons. The minimum Gasteiger partial charge on any atom is -0.490 e. The van der Waals surface area contributed by atoms with Crippen LogP contribution in [0.5, 0.6) is 5.75 Å². The van der Waals surface area contributed by atoms with Crippen LogP contribution >= 0.6 is 11.6 Å². The third-order valence-corrected chi connectivity index (χ3v) is 15.3. The van der Waals surface area contributed by atoms with Crippen molar-refractivity contribution in [3.05, 3.63) is 70.3 Å². The summed E-state index contributed by atoms with van der Waals surface area (Å²) in [5, 5.41) is -0.0337. The summed E-state index contributed by atoms with van der Waals surface area (Å²) in [6.45, 7) is 12.0. The molecule has 2 aromatic rings. The molecule has 2 aliphatic carbocycles. The normalized spacial score (nSPS) is 32.8. The number of nitrogens with one attached hydrogen (secondary N) is 1. The van der Waals surface area contributed by atoms with E-state index in [0.29, 0.717) is 30.3 Å². The third-order valence-electron chi connectivity index (χ3n) is 13.2. The Hall–Kier alpha value is -2.67. The first-order chi connectivity index (χ1) is 25.5. The van der Waals surface area contributed by atoms with E-state index in [1.807, 2.05) is 32.2 Å². The molecule has 5 aliphatic rings. The molecule has 3 aliphatic heterocycles. The summed E-state index contributed by atoms with van der Waals surface area (Å²) in [5.41, 5.74) is 2.88. The van der Waals surface area contributed by atoms with E-state index in [0.717, 1.165) is 102 Å². The van der Waals surface area contributed by atoms with Crippen molar-refractivity contribution in [1.82, 2.24) is 14.5 Å². The molecule has 1 saturated heterocycles. The van der Waals surface area contributed by atoms with Gasteiger partial charge in [0.05, 0.1) is 24.2 Å². The van der Waals surface area contributed by atoms with E-state index < -0.39 is 26.8 Å². The molecule has 1 spiro atoms. The van der Waals surface area contributed by atoms with Gasteiger partial charge in [-0.25, -0.2) is 13.1 Å². The summed E-state index contributed by atoms with van der Waals surface area (Å²) in [4.78, 5) is 21.1. The summed E-state index contributed by atoms with van der Waals surface area (Å²) < 4.78 is 48.3. The number of carbonyl (C=O) groups excluding carboxylic acids is 1. The number of aryl methyl sites for hydroxylation is 1. The second kappa shape index (κ2) is 15.8. The number of allylic oxidation sites excluding steroid dienone is 1. The highest BCUT2D eigenvalue weighted by molar-refractivity contribution is 7.90. The quantitative estimate of drug-likeness (QED) is 0.381. The number of anilines is 1. The fourth-order valence-electron chi connectivity index (χ4n) is 9.55. The molecular formula is C41H57ClN4O6S. The smallest absolute Gasteiger partial charge is 0.264 e. The highest BCUT2D eigenvalue weighted by Crippen LogP contribution is 2.49. The van der Waals surface area contributed by atoms with Gasteiger partial charge in [0.25, 0.3) is 5.91 Å². The lowest BCUT2D eigenvalue weighted by Crippen LogP contribution is -2.59. The van der Waals surface area contributed by atoms with Crippen LogP contribution < -0.4 is 14.4 Å². The lowest BCUT2D eigenvalue weighted by Gasteiger charge is -2.52. The molecule has 2 bridgehead atoms. The summed E-state index contributed by atoms with van der Waals surface area (Å²) >= 11 is 6.50. The largest absolute Gasteiger partial charge is 0.490 e. The van der Waals surface area contributed by atoms with Gasteiger partial charge in [0, 0.05) is 82.6 Å². The van der Waals surface area contributed by atoms with Crippen molar-refractivity contribution in [1.29, 1.82) is 0 Å². The summed E-state index contributed by atoms with van der Waals surface area (Å²) in [6.07, 6.45) is 10.1. The minimum atomic E-state index is -3.96. The third kappa shape index (κ3) is 7.89. The average molecular weight is 769 g/mol. The molecule has 290 valence electrons. The molecule has 0 unspecified atom stereocenters. The van der Waals surface area contributed by atoms with Crippen LogP contribution in [-0.4, -0.2) is 115 Å². The molecule has 1 amide bonds. The number of hydrogen-bond acceptors (Lipinski definition) is 9. The zero-order valence-corrected chi connectivity index (χ0v) is 33.4. The van der Waals surface area contributed by atoms with Gasteiger partial charge in [0.1, 0.15) is 11.4 Å². The number of methoxy groups -OCH3 is 2. The average Bonchev–Trinajstić information content (AvgIpc) is 3.28. The van der Waals surface area contributed by atoms with Gasteiger partial charge < -0.3 is 19.1 Å². The minimum absolute atomic E-state index is 0.221. The maximum atomic E-state index is 13.6. The molecule has 0 aromatic heterocycles. The highest BCUT2D eigenvalue weighted by Gasteiger charge is 2.50. The number of ether oxygens (including phenoxy) is 3. The van der Waals surface area contributed by atoms with Crippen molar-refractivity contribution in [3.8, 4) is 5.75 Å². The van der Waals surface area contributed by atoms with Crippen LogP contribution in [0.25, 0.3) is 0 Å². The highest BCUT2D eigenvalue weighted by atomic mass is 35.5. The van der Waals surface area contributed by atoms with Gasteiger partial charge in [-0.05, 0) is 105 Å². The van der Waals surface area contributed by atoms with Crippen molar-refractivity contribution in [2.24, 2.45) is 17.8 Å². The molecule has 3 heterocycles. The fraction of sp³-hybridized carbons (Fsp3) is 0.634. The first-order valence-corrected chi connectivity index (χ1v) is 21.4. The number of fused-ring (bicyclic) bond motifs is 4. The zero-order valence-electron chi connectivity index (χ0n) is 31.8. The summed E-state index contributed by atoms with van der Waals surface area (Å²) in [7, 11) is -0.356. The Balaban J connectivity index is 1.27. The summed E-state index contributed by atoms with van der Waals surface area (Å²) in [5.74, 6) is 0.466. The molecule has 2 aromatic carbocycles. The van der Waals surface area contributed by atoms with Gasteiger partial charge in [-0.1, -0.05) is 36.7 Å². The summed E-state index contributed by atoms with van der Waals surface area (Å²) in [6, 6.07) is 11.6. The van der Waals surface area contributed by atoms with Crippen LogP contribution in [0.3, 0.4) is 0 Å². The molecule has 2 fully saturated rings. The Kier molecular flexibility index (Phi) is 11.5. The molecule has 7 rings (SSSR count). The van der Waals surface area contributed by atoms with Crippen LogP contribution in [0.4, 0.5) is 5.69 Å². The number of benzene rings is 2. The topological polar surface area (TPSA) is 101 Å². The molecule has 53 heavy (non-hydrogen) atoms. The van der Waals surface area contributed by atoms with E-state index in [-0.39, 0.29) is 17.3 Å². The van der Waals surface area contributed by atoms with Gasteiger partial charge in [0.15, 0.2) is 0 Å². The van der Waals surface area contributed by atoms with Crippen molar-refractivity contribution >= 4 is 33.2 Å². The molecule has 12 heteroatoms. The van der Waals surface area contributed by atoms with Crippen LogP contribution in [0.1, 0.15) is 67.4 Å². The number of sulfonamides is 1. The number of nitrogens with zero attached hydrogens (tertiary/aromatic N) is 3. The van der Waals surface area contributed by atoms with E-state index in [1.54, 1.807) is 20.1 Å². The maximum Gasteiger partial charge on any atom is 0.264 e. The van der Waals surface area contributed by atoms with Crippen LogP contribution in [0.2, 0.25) is 5.02 Å². The van der Waals surface area contributed by atoms with Gasteiger partial charge >= 0.3 is 0 Å². The van der Waals surface area contributed by atoms with Crippen LogP contribution in [0, 0.1) is 17.8 Å². The number of hydrogen-bond donors (Lipinski definition) is 1. The molecule has 1 N–H and O–H groups in total. The Bertz CT molecular complexity index is 1780. The van der Waals surface area contributed by atoms with Gasteiger partial charge in [-0.2, -0.15) is 0 Å². The second-order valence-corrected chi connectivity index (χ2v) is 18.8. The van der Waals surface area contributed by atoms with Crippen molar-refractivity contribution < 1.29 is 27.4 Å². The predicted molar refractivity (Wildman–Crippen MR) is 210 cm³/mol. The monoisotopic (exact) mass is 768 g/mol. The van der Waals surface area contributed by atoms with Crippen molar-refractivity contribution in [2.45, 2.75) is 68.6 Å². The van der Waals surface area contributed by atoms with Gasteiger partial charge in [-0.15, -0.1) is 0 Å². The van der Waals surface area contributed by atoms with Crippen LogP contribution in [-0.2, 0) is 31.3 Å². The predicted octanol–water partition coefficient (Wildman–Crippen LogP) is 5.53. The van der Waals surface area contributed by atoms with Gasteiger partial charge in [0.2, 0.25) is 10.0 Å². The van der Waals surface area contributed by atoms with E-state index in [9.17, 15) is 13.2 Å². The number of halogens is 1. The Morgan fingerprint density at radius 3 is 2.57 bits per heavy atom. The number of rotatable bonds is 6. The van der Waals surface area contributed by atoms with Gasteiger partial charge in [-0.3, -0.25) is 14.6 Å². The standard InChI is InChI=1S/C41H57ClN4O6S/c1-29-7-5-16-41(51-4,27-45-19-17-44(18-20-45)21-22-50-3)36-12-9-33(36)25-46-26-40(15-6-8-31-23-34(42)11-13-35(31)40)28-52-38-14-10-32(24-37(38)46)39(47)43-53(48,49)30(29)2/h5,10-11,13-14,16,23-24,29-30,33,36H,6-9,12,15,17-22,25-28H2,1-4H3,(H,43,47)/b16-5-/t29-,30+,33-,36+,40-,41+/m0/s1. The van der Waals surface area contributed by atoms with Crippen molar-refractivity contribution in [2.75, 3.05) is 84.7 Å². The van der Waals surface area contributed by atoms with Crippen molar-refractivity contribution in [3.63, 3.8) is 0 Å². The molecule has 6 atom stereocenters. The Morgan fingerprint density at radius 2 is 1.83 bits per heavy atom. The number of piperazine rings is 1. The van der Waals surface area contributed by atoms with E-state index in [4.69, 9.17) is 25.8 Å².